The van der Waals surface area contributed by atoms with E-state index in [9.17, 15) is 22.4 Å². The molecule has 2 bridgehead atoms. The molecule has 13 heteroatoms. The number of rotatable bonds is 5. The van der Waals surface area contributed by atoms with Crippen molar-refractivity contribution in [2.75, 3.05) is 19.6 Å². The van der Waals surface area contributed by atoms with Crippen LogP contribution < -0.4 is 10.8 Å². The van der Waals surface area contributed by atoms with Crippen LogP contribution in [0.2, 0.25) is 0 Å². The average molecular weight is 368 g/mol. The quantitative estimate of drug-likeness (QED) is 0.388. The summed E-state index contributed by atoms with van der Waals surface area (Å²) >= 11 is 0. The molecule has 4 atom stereocenters. The third-order valence-electron chi connectivity index (χ3n) is 4.20. The van der Waals surface area contributed by atoms with E-state index < -0.39 is 46.7 Å². The van der Waals surface area contributed by atoms with E-state index in [4.69, 9.17) is 9.39 Å². The summed E-state index contributed by atoms with van der Waals surface area (Å²) in [4.78, 5) is 30.5. The van der Waals surface area contributed by atoms with Gasteiger partial charge in [-0.2, -0.15) is 13.5 Å². The second kappa shape index (κ2) is 6.40. The molecule has 3 unspecified atom stereocenters. The highest BCUT2D eigenvalue weighted by Gasteiger charge is 2.49. The van der Waals surface area contributed by atoms with E-state index in [1.54, 1.807) is 0 Å². The van der Waals surface area contributed by atoms with Gasteiger partial charge in [-0.1, -0.05) is 0 Å². The van der Waals surface area contributed by atoms with E-state index in [1.807, 2.05) is 0 Å². The Bertz CT molecular complexity index is 632. The first-order valence-corrected chi connectivity index (χ1v) is 8.70. The molecule has 24 heavy (non-hydrogen) atoms. The van der Waals surface area contributed by atoms with Crippen molar-refractivity contribution in [3.05, 3.63) is 0 Å². The molecule has 136 valence electrons. The molecule has 3 heterocycles. The highest BCUT2D eigenvalue weighted by Crippen LogP contribution is 2.30. The van der Waals surface area contributed by atoms with Crippen LogP contribution in [0, 0.1) is 0 Å². The van der Waals surface area contributed by atoms with Gasteiger partial charge in [0.15, 0.2) is 0 Å². The lowest BCUT2D eigenvalue weighted by Gasteiger charge is -2.29. The Hall–Kier alpha value is -1.54. The molecule has 0 saturated carbocycles. The Labute approximate surface area is 136 Å². The lowest BCUT2D eigenvalue weighted by atomic mass is 10.0. The van der Waals surface area contributed by atoms with Gasteiger partial charge in [-0.15, -0.1) is 4.28 Å². The minimum Gasteiger partial charge on any atom is -0.311 e. The summed E-state index contributed by atoms with van der Waals surface area (Å²) < 4.78 is 48.0. The standard InChI is InChI=1S/C11H17FN4O7S/c12-7-3-13-4-9(7)22-14-10(17)8-2-1-6-5-15(8)11(18)16(6)23-24(19,20)21/h6-9,13H,1-5H2,(H,14,17)(H,19,20,21)/t6?,7?,8-,9?/m0/s1. The number of hydrogen-bond donors (Lipinski definition) is 3. The predicted octanol–water partition coefficient (Wildman–Crippen LogP) is -1.65. The second-order valence-electron chi connectivity index (χ2n) is 5.81. The number of nitrogens with one attached hydrogen (secondary N) is 2. The van der Waals surface area contributed by atoms with Gasteiger partial charge >= 0.3 is 16.4 Å². The van der Waals surface area contributed by atoms with Crippen molar-refractivity contribution in [2.45, 2.75) is 37.2 Å². The number of carbonyl (C=O) groups is 2. The normalized spacial score (nSPS) is 33.2. The number of hydroxylamine groups is 3. The van der Waals surface area contributed by atoms with Crippen LogP contribution in [-0.4, -0.2) is 78.9 Å². The highest BCUT2D eigenvalue weighted by molar-refractivity contribution is 7.80. The molecule has 3 fully saturated rings. The summed E-state index contributed by atoms with van der Waals surface area (Å²) in [5, 5.41) is 3.31. The zero-order valence-electron chi connectivity index (χ0n) is 12.4. The smallest absolute Gasteiger partial charge is 0.311 e. The van der Waals surface area contributed by atoms with Crippen LogP contribution in [0.3, 0.4) is 0 Å². The van der Waals surface area contributed by atoms with Crippen LogP contribution in [0.1, 0.15) is 12.8 Å². The van der Waals surface area contributed by atoms with Crippen LogP contribution in [-0.2, 0) is 24.3 Å². The first-order chi connectivity index (χ1) is 11.3. The third-order valence-corrected chi connectivity index (χ3v) is 4.55. The Morgan fingerprint density at radius 2 is 2.12 bits per heavy atom. The second-order valence-corrected chi connectivity index (χ2v) is 6.81. The number of piperidine rings is 1. The van der Waals surface area contributed by atoms with Crippen LogP contribution in [0.25, 0.3) is 0 Å². The number of amides is 3. The number of urea groups is 1. The molecule has 3 saturated heterocycles. The fourth-order valence-electron chi connectivity index (χ4n) is 3.04. The van der Waals surface area contributed by atoms with E-state index in [2.05, 4.69) is 15.1 Å². The number of nitrogens with zero attached hydrogens (tertiary/aromatic N) is 2. The minimum absolute atomic E-state index is 0.0726. The van der Waals surface area contributed by atoms with E-state index in [0.29, 0.717) is 11.5 Å². The maximum Gasteiger partial charge on any atom is 0.418 e. The average Bonchev–Trinajstić information content (AvgIpc) is 3.01. The number of hydrogen-bond acceptors (Lipinski definition) is 7. The molecule has 0 aromatic rings. The largest absolute Gasteiger partial charge is 0.418 e. The Balaban J connectivity index is 1.60. The lowest BCUT2D eigenvalue weighted by molar-refractivity contribution is -0.145. The molecule has 0 radical (unpaired) electrons. The third kappa shape index (κ3) is 3.44. The number of fused-ring (bicyclic) bond motifs is 2. The molecular weight excluding hydrogens is 351 g/mol. The SMILES string of the molecule is O=C(NOC1CNCC1F)[C@@H]1CCC2CN1C(=O)N2OS(=O)(=O)O. The summed E-state index contributed by atoms with van der Waals surface area (Å²) in [6.07, 6.45) is -1.50. The molecule has 3 rings (SSSR count). The van der Waals surface area contributed by atoms with E-state index in [-0.39, 0.29) is 26.1 Å². The van der Waals surface area contributed by atoms with Crippen molar-refractivity contribution in [1.82, 2.24) is 20.8 Å². The fourth-order valence-corrected chi connectivity index (χ4v) is 3.43. The first-order valence-electron chi connectivity index (χ1n) is 7.33. The van der Waals surface area contributed by atoms with Crippen LogP contribution in [0.15, 0.2) is 0 Å². The summed E-state index contributed by atoms with van der Waals surface area (Å²) in [7, 11) is -4.84. The van der Waals surface area contributed by atoms with Gasteiger partial charge in [-0.05, 0) is 12.8 Å². The maximum absolute atomic E-state index is 13.4. The van der Waals surface area contributed by atoms with Crippen LogP contribution in [0.5, 0.6) is 0 Å². The molecule has 0 aromatic carbocycles. The van der Waals surface area contributed by atoms with Gasteiger partial charge < -0.3 is 10.2 Å². The van der Waals surface area contributed by atoms with Gasteiger partial charge in [-0.3, -0.25) is 14.2 Å². The van der Waals surface area contributed by atoms with Gasteiger partial charge in [0.05, 0.1) is 6.04 Å². The van der Waals surface area contributed by atoms with Gasteiger partial charge in [0, 0.05) is 19.6 Å². The Morgan fingerprint density at radius 3 is 2.75 bits per heavy atom. The topological polar surface area (TPSA) is 138 Å². The maximum atomic E-state index is 13.4. The number of carbonyl (C=O) groups excluding carboxylic acids is 2. The van der Waals surface area contributed by atoms with Crippen molar-refractivity contribution < 1.29 is 36.1 Å². The van der Waals surface area contributed by atoms with Gasteiger partial charge in [0.2, 0.25) is 0 Å². The zero-order valence-corrected chi connectivity index (χ0v) is 13.2. The zero-order chi connectivity index (χ0) is 17.5. The molecule has 3 aliphatic heterocycles. The summed E-state index contributed by atoms with van der Waals surface area (Å²) in [6.45, 7) is 0.466. The molecule has 3 amide bonds. The monoisotopic (exact) mass is 368 g/mol. The van der Waals surface area contributed by atoms with Crippen molar-refractivity contribution in [2.24, 2.45) is 0 Å². The van der Waals surface area contributed by atoms with Crippen molar-refractivity contribution >= 4 is 22.3 Å². The molecule has 0 aromatic heterocycles. The van der Waals surface area contributed by atoms with E-state index >= 15 is 0 Å². The summed E-state index contributed by atoms with van der Waals surface area (Å²) in [5.74, 6) is -0.630. The number of alkyl halides is 1. The van der Waals surface area contributed by atoms with Crippen molar-refractivity contribution in [1.29, 1.82) is 0 Å². The Kier molecular flexibility index (Phi) is 4.61. The molecule has 0 spiro atoms. The van der Waals surface area contributed by atoms with E-state index in [1.165, 1.54) is 0 Å². The first kappa shape index (κ1) is 17.3. The van der Waals surface area contributed by atoms with Crippen molar-refractivity contribution in [3.63, 3.8) is 0 Å². The lowest BCUT2D eigenvalue weighted by Crippen LogP contribution is -2.50. The predicted molar refractivity (Wildman–Crippen MR) is 74.2 cm³/mol. The van der Waals surface area contributed by atoms with Crippen LogP contribution in [0.4, 0.5) is 9.18 Å². The summed E-state index contributed by atoms with van der Waals surface area (Å²) in [6, 6.07) is -2.32. The van der Waals surface area contributed by atoms with Gasteiger partial charge in [-0.25, -0.2) is 14.7 Å². The van der Waals surface area contributed by atoms with Crippen molar-refractivity contribution in [3.8, 4) is 0 Å². The highest BCUT2D eigenvalue weighted by atomic mass is 32.3. The van der Waals surface area contributed by atoms with Crippen LogP contribution >= 0.6 is 0 Å². The van der Waals surface area contributed by atoms with Gasteiger partial charge in [0.1, 0.15) is 18.3 Å². The molecule has 0 aliphatic carbocycles. The summed E-state index contributed by atoms with van der Waals surface area (Å²) in [5.41, 5.74) is 2.15. The Morgan fingerprint density at radius 1 is 1.38 bits per heavy atom. The van der Waals surface area contributed by atoms with E-state index in [0.717, 1.165) is 4.90 Å². The fraction of sp³-hybridized carbons (Fsp3) is 0.818. The number of halogens is 1. The molecular formula is C11H17FN4O7S. The molecule has 3 aliphatic rings. The minimum atomic E-state index is -4.84. The van der Waals surface area contributed by atoms with Gasteiger partial charge in [0.25, 0.3) is 5.91 Å². The molecule has 3 N–H and O–H groups in total. The molecule has 11 nitrogen and oxygen atoms in total.